The van der Waals surface area contributed by atoms with E-state index in [0.29, 0.717) is 37.5 Å². The highest BCUT2D eigenvalue weighted by Crippen LogP contribution is 2.35. The maximum atomic E-state index is 12.3. The number of nitrogens with zero attached hydrogens (tertiary/aromatic N) is 1. The summed E-state index contributed by atoms with van der Waals surface area (Å²) in [5.74, 6) is 0.222. The molecule has 1 N–H and O–H groups in total. The zero-order valence-corrected chi connectivity index (χ0v) is 15.3. The van der Waals surface area contributed by atoms with E-state index < -0.39 is 0 Å². The Balaban J connectivity index is 1.39. The second-order valence-corrected chi connectivity index (χ2v) is 6.58. The first kappa shape index (κ1) is 18.9. The fourth-order valence-electron chi connectivity index (χ4n) is 3.48. The number of allylic oxidation sites excluding steroid dienone is 2. The Kier molecular flexibility index (Phi) is 6.11. The number of rotatable bonds is 8. The molecule has 2 aliphatic rings. The van der Waals surface area contributed by atoms with Crippen LogP contribution in [0.15, 0.2) is 36.4 Å². The average Bonchev–Trinajstić information content (AvgIpc) is 2.94. The lowest BCUT2D eigenvalue weighted by molar-refractivity contribution is -0.140. The van der Waals surface area contributed by atoms with Gasteiger partial charge in [-0.05, 0) is 25.0 Å². The quantitative estimate of drug-likeness (QED) is 0.425. The number of amides is 3. The monoisotopic (exact) mass is 372 g/mol. The summed E-state index contributed by atoms with van der Waals surface area (Å²) in [6.45, 7) is 0.751. The maximum Gasteiger partial charge on any atom is 0.233 e. The van der Waals surface area contributed by atoms with Crippen molar-refractivity contribution >= 4 is 17.7 Å². The lowest BCUT2D eigenvalue weighted by Gasteiger charge is -2.14. The van der Waals surface area contributed by atoms with Crippen molar-refractivity contribution in [1.29, 1.82) is 0 Å². The van der Waals surface area contributed by atoms with E-state index in [1.165, 1.54) is 4.90 Å². The van der Waals surface area contributed by atoms with Gasteiger partial charge in [0.05, 0.1) is 25.5 Å². The van der Waals surface area contributed by atoms with Gasteiger partial charge in [-0.25, -0.2) is 0 Å². The average molecular weight is 372 g/mol. The predicted octanol–water partition coefficient (Wildman–Crippen LogP) is 1.53. The van der Waals surface area contributed by atoms with Crippen LogP contribution in [0.2, 0.25) is 0 Å². The Morgan fingerprint density at radius 2 is 1.74 bits per heavy atom. The van der Waals surface area contributed by atoms with Gasteiger partial charge in [-0.15, -0.1) is 0 Å². The fourth-order valence-corrected chi connectivity index (χ4v) is 3.48. The van der Waals surface area contributed by atoms with Gasteiger partial charge in [0.1, 0.15) is 6.61 Å². The number of fused-ring (bicyclic) bond motifs is 1. The molecule has 7 nitrogen and oxygen atoms in total. The van der Waals surface area contributed by atoms with Crippen molar-refractivity contribution in [3.8, 4) is 11.5 Å². The molecule has 0 radical (unpaired) electrons. The van der Waals surface area contributed by atoms with Gasteiger partial charge in [0.25, 0.3) is 0 Å². The van der Waals surface area contributed by atoms with Crippen LogP contribution >= 0.6 is 0 Å². The molecule has 1 aromatic carbocycles. The second kappa shape index (κ2) is 8.70. The Hall–Kier alpha value is -2.83. The summed E-state index contributed by atoms with van der Waals surface area (Å²) in [6.07, 6.45) is 5.21. The molecule has 144 valence electrons. The number of hydrogen-bond acceptors (Lipinski definition) is 5. The van der Waals surface area contributed by atoms with Gasteiger partial charge in [0.15, 0.2) is 11.5 Å². The van der Waals surface area contributed by atoms with Crippen LogP contribution < -0.4 is 14.8 Å². The first-order chi connectivity index (χ1) is 13.1. The van der Waals surface area contributed by atoms with Crippen LogP contribution in [0.3, 0.4) is 0 Å². The standard InChI is InChI=1S/C20H24N2O5/c1-26-16-8-4-5-9-17(16)27-13-11-21-18(23)10-12-22-19(24)14-6-2-3-7-15(14)20(22)25/h2-5,8-9,14-15H,6-7,10-13H2,1H3,(H,21,23)/t14-,15+. The van der Waals surface area contributed by atoms with E-state index >= 15 is 0 Å². The van der Waals surface area contributed by atoms with E-state index in [-0.39, 0.29) is 42.5 Å². The minimum Gasteiger partial charge on any atom is -0.493 e. The van der Waals surface area contributed by atoms with E-state index in [0.717, 1.165) is 0 Å². The molecule has 1 aliphatic carbocycles. The minimum absolute atomic E-state index is 0.0962. The fraction of sp³-hybridized carbons (Fsp3) is 0.450. The van der Waals surface area contributed by atoms with Crippen molar-refractivity contribution in [3.05, 3.63) is 36.4 Å². The summed E-state index contributed by atoms with van der Waals surface area (Å²) in [6, 6.07) is 7.28. The first-order valence-corrected chi connectivity index (χ1v) is 9.14. The van der Waals surface area contributed by atoms with Crippen LogP contribution in [0.25, 0.3) is 0 Å². The number of ether oxygens (including phenoxy) is 2. The van der Waals surface area contributed by atoms with Crippen LogP contribution in [0.4, 0.5) is 0 Å². The molecular formula is C20H24N2O5. The second-order valence-electron chi connectivity index (χ2n) is 6.58. The molecule has 27 heavy (non-hydrogen) atoms. The predicted molar refractivity (Wildman–Crippen MR) is 98.2 cm³/mol. The lowest BCUT2D eigenvalue weighted by atomic mass is 9.85. The number of imide groups is 1. The molecule has 1 heterocycles. The lowest BCUT2D eigenvalue weighted by Crippen LogP contribution is -2.36. The van der Waals surface area contributed by atoms with Crippen LogP contribution in [-0.4, -0.2) is 49.4 Å². The molecule has 1 aromatic rings. The molecule has 0 saturated carbocycles. The molecule has 3 amide bonds. The van der Waals surface area contributed by atoms with Crippen LogP contribution in [0, 0.1) is 11.8 Å². The van der Waals surface area contributed by atoms with Crippen LogP contribution in [0.1, 0.15) is 19.3 Å². The SMILES string of the molecule is COc1ccccc1OCCNC(=O)CCN1C(=O)[C@H]2CC=CC[C@H]2C1=O. The Bertz CT molecular complexity index is 720. The van der Waals surface area contributed by atoms with E-state index in [2.05, 4.69) is 5.32 Å². The summed E-state index contributed by atoms with van der Waals surface area (Å²) in [5, 5.41) is 2.74. The van der Waals surface area contributed by atoms with E-state index in [9.17, 15) is 14.4 Å². The zero-order valence-electron chi connectivity index (χ0n) is 15.3. The summed E-state index contributed by atoms with van der Waals surface area (Å²) in [5.41, 5.74) is 0. The van der Waals surface area contributed by atoms with Crippen molar-refractivity contribution in [2.45, 2.75) is 19.3 Å². The van der Waals surface area contributed by atoms with Gasteiger partial charge in [-0.1, -0.05) is 24.3 Å². The van der Waals surface area contributed by atoms with E-state index in [1.807, 2.05) is 24.3 Å². The third-order valence-corrected chi connectivity index (χ3v) is 4.91. The van der Waals surface area contributed by atoms with Gasteiger partial charge in [-0.2, -0.15) is 0 Å². The molecule has 0 aromatic heterocycles. The Labute approximate surface area is 158 Å². The van der Waals surface area contributed by atoms with Crippen molar-refractivity contribution < 1.29 is 23.9 Å². The van der Waals surface area contributed by atoms with Crippen LogP contribution in [-0.2, 0) is 14.4 Å². The highest BCUT2D eigenvalue weighted by Gasteiger charge is 2.46. The Morgan fingerprint density at radius 1 is 1.11 bits per heavy atom. The van der Waals surface area contributed by atoms with Gasteiger partial charge in [0, 0.05) is 13.0 Å². The van der Waals surface area contributed by atoms with Crippen molar-refractivity contribution in [2.24, 2.45) is 11.8 Å². The normalized spacial score (nSPS) is 21.1. The molecule has 0 unspecified atom stereocenters. The molecule has 7 heteroatoms. The number of likely N-dealkylation sites (tertiary alicyclic amines) is 1. The molecule has 0 spiro atoms. The number of methoxy groups -OCH3 is 1. The molecule has 1 aliphatic heterocycles. The summed E-state index contributed by atoms with van der Waals surface area (Å²) in [4.78, 5) is 37.9. The molecule has 0 bridgehead atoms. The molecule has 1 saturated heterocycles. The van der Waals surface area contributed by atoms with Crippen molar-refractivity contribution in [3.63, 3.8) is 0 Å². The number of nitrogens with one attached hydrogen (secondary N) is 1. The smallest absolute Gasteiger partial charge is 0.233 e. The van der Waals surface area contributed by atoms with E-state index in [4.69, 9.17) is 9.47 Å². The number of benzene rings is 1. The number of carbonyl (C=O) groups excluding carboxylic acids is 3. The highest BCUT2D eigenvalue weighted by molar-refractivity contribution is 6.05. The van der Waals surface area contributed by atoms with Crippen molar-refractivity contribution in [1.82, 2.24) is 10.2 Å². The number of para-hydroxylation sites is 2. The third-order valence-electron chi connectivity index (χ3n) is 4.91. The summed E-state index contributed by atoms with van der Waals surface area (Å²) >= 11 is 0. The Morgan fingerprint density at radius 3 is 2.37 bits per heavy atom. The number of carbonyl (C=O) groups is 3. The number of hydrogen-bond donors (Lipinski definition) is 1. The highest BCUT2D eigenvalue weighted by atomic mass is 16.5. The van der Waals surface area contributed by atoms with Gasteiger partial charge in [-0.3, -0.25) is 19.3 Å². The molecule has 3 rings (SSSR count). The third kappa shape index (κ3) is 4.30. The van der Waals surface area contributed by atoms with Gasteiger partial charge < -0.3 is 14.8 Å². The van der Waals surface area contributed by atoms with E-state index in [1.54, 1.807) is 19.2 Å². The van der Waals surface area contributed by atoms with Crippen LogP contribution in [0.5, 0.6) is 11.5 Å². The molecule has 2 atom stereocenters. The molecule has 1 fully saturated rings. The summed E-state index contributed by atoms with van der Waals surface area (Å²) < 4.78 is 10.8. The maximum absolute atomic E-state index is 12.3. The largest absolute Gasteiger partial charge is 0.493 e. The zero-order chi connectivity index (χ0) is 19.2. The minimum atomic E-state index is -0.250. The van der Waals surface area contributed by atoms with Gasteiger partial charge >= 0.3 is 0 Å². The summed E-state index contributed by atoms with van der Waals surface area (Å²) in [7, 11) is 1.57. The van der Waals surface area contributed by atoms with Crippen molar-refractivity contribution in [2.75, 3.05) is 26.8 Å². The topological polar surface area (TPSA) is 84.9 Å². The molecular weight excluding hydrogens is 348 g/mol. The van der Waals surface area contributed by atoms with Gasteiger partial charge in [0.2, 0.25) is 17.7 Å². The first-order valence-electron chi connectivity index (χ1n) is 9.14.